The number of pyridine rings is 1. The highest BCUT2D eigenvalue weighted by atomic mass is 16.7. The van der Waals surface area contributed by atoms with Crippen LogP contribution in [0.1, 0.15) is 25.5 Å². The highest BCUT2D eigenvalue weighted by Crippen LogP contribution is 2.34. The zero-order valence-corrected chi connectivity index (χ0v) is 18.3. The van der Waals surface area contributed by atoms with Crippen LogP contribution in [0.25, 0.3) is 11.4 Å². The van der Waals surface area contributed by atoms with Crippen molar-refractivity contribution in [3.63, 3.8) is 0 Å². The van der Waals surface area contributed by atoms with E-state index in [1.165, 1.54) is 6.07 Å². The largest absolute Gasteiger partial charge is 0.454 e. The lowest BCUT2D eigenvalue weighted by Crippen LogP contribution is -2.38. The van der Waals surface area contributed by atoms with Gasteiger partial charge in [-0.3, -0.25) is 9.59 Å². The van der Waals surface area contributed by atoms with E-state index in [0.717, 1.165) is 43.0 Å². The minimum Gasteiger partial charge on any atom is -0.454 e. The summed E-state index contributed by atoms with van der Waals surface area (Å²) < 4.78 is 10.7. The van der Waals surface area contributed by atoms with Crippen molar-refractivity contribution in [1.82, 2.24) is 15.0 Å². The first kappa shape index (κ1) is 21.0. The maximum atomic E-state index is 12.7. The molecule has 1 fully saturated rings. The summed E-state index contributed by atoms with van der Waals surface area (Å²) in [6.07, 6.45) is 3.91. The molecule has 5 rings (SSSR count). The Morgan fingerprint density at radius 1 is 1.15 bits per heavy atom. The van der Waals surface area contributed by atoms with Crippen LogP contribution in [0, 0.1) is 5.92 Å². The molecule has 9 nitrogen and oxygen atoms in total. The van der Waals surface area contributed by atoms with Gasteiger partial charge >= 0.3 is 0 Å². The molecule has 1 aromatic carbocycles. The number of aromatic nitrogens is 3. The number of rotatable bonds is 5. The van der Waals surface area contributed by atoms with E-state index in [2.05, 4.69) is 25.2 Å². The van der Waals surface area contributed by atoms with Crippen LogP contribution in [0.2, 0.25) is 0 Å². The second-order valence-corrected chi connectivity index (χ2v) is 8.16. The van der Waals surface area contributed by atoms with Gasteiger partial charge < -0.3 is 24.7 Å². The Morgan fingerprint density at radius 3 is 2.73 bits per heavy atom. The van der Waals surface area contributed by atoms with E-state index in [-0.39, 0.29) is 24.2 Å². The van der Waals surface area contributed by atoms with Gasteiger partial charge in [0, 0.05) is 54.3 Å². The van der Waals surface area contributed by atoms with Crippen molar-refractivity contribution in [2.24, 2.45) is 5.92 Å². The predicted octanol–water partition coefficient (Wildman–Crippen LogP) is 2.98. The van der Waals surface area contributed by atoms with Gasteiger partial charge in [-0.2, -0.15) is 0 Å². The molecule has 2 N–H and O–H groups in total. The summed E-state index contributed by atoms with van der Waals surface area (Å²) >= 11 is 0. The van der Waals surface area contributed by atoms with E-state index in [1.54, 1.807) is 18.3 Å². The summed E-state index contributed by atoms with van der Waals surface area (Å²) in [5, 5.41) is 2.99. The number of nitrogens with zero attached hydrogens (tertiary/aromatic N) is 3. The Hall–Kier alpha value is -3.88. The third kappa shape index (κ3) is 4.52. The fourth-order valence-electron chi connectivity index (χ4n) is 4.13. The molecule has 2 aliphatic heterocycles. The number of amides is 1. The van der Waals surface area contributed by atoms with Crippen molar-refractivity contribution >= 4 is 17.4 Å². The fraction of sp³-hybridized carbons (Fsp3) is 0.333. The number of anilines is 2. The maximum Gasteiger partial charge on any atom is 0.251 e. The molecule has 0 saturated carbocycles. The lowest BCUT2D eigenvalue weighted by molar-refractivity contribution is -0.120. The molecule has 1 saturated heterocycles. The van der Waals surface area contributed by atoms with Crippen LogP contribution in [-0.2, 0) is 11.2 Å². The standard InChI is InChI=1S/C24H25N5O4/c1-2-17-12-22(30)28-23(26-17)16-3-6-21(25-13-16)29-9-7-15(8-10-29)24(31)27-18-4-5-19-20(11-18)33-14-32-19/h3-6,11-13,15H,2,7-10,14H2,1H3,(H,27,31)(H,26,28,30). The number of benzene rings is 1. The summed E-state index contributed by atoms with van der Waals surface area (Å²) in [7, 11) is 0. The number of nitrogens with one attached hydrogen (secondary N) is 2. The minimum atomic E-state index is -0.165. The molecule has 3 aromatic rings. The van der Waals surface area contributed by atoms with Gasteiger partial charge in [0.1, 0.15) is 11.6 Å². The van der Waals surface area contributed by atoms with E-state index < -0.39 is 0 Å². The minimum absolute atomic E-state index is 0.0163. The molecule has 0 spiro atoms. The van der Waals surface area contributed by atoms with E-state index in [9.17, 15) is 9.59 Å². The second-order valence-electron chi connectivity index (χ2n) is 8.16. The van der Waals surface area contributed by atoms with E-state index in [1.807, 2.05) is 25.1 Å². The van der Waals surface area contributed by atoms with Crippen LogP contribution in [0.4, 0.5) is 11.5 Å². The fourth-order valence-corrected chi connectivity index (χ4v) is 4.13. The summed E-state index contributed by atoms with van der Waals surface area (Å²) in [5.41, 5.74) is 2.06. The number of aryl methyl sites for hydroxylation is 1. The monoisotopic (exact) mass is 447 g/mol. The zero-order chi connectivity index (χ0) is 22.8. The highest BCUT2D eigenvalue weighted by Gasteiger charge is 2.26. The maximum absolute atomic E-state index is 12.7. The number of ether oxygens (including phenoxy) is 2. The number of aromatic amines is 1. The molecule has 0 bridgehead atoms. The number of fused-ring (bicyclic) bond motifs is 1. The van der Waals surface area contributed by atoms with Gasteiger partial charge in [0.25, 0.3) is 5.56 Å². The number of hydrogen-bond donors (Lipinski definition) is 2. The van der Waals surface area contributed by atoms with Crippen LogP contribution in [0.5, 0.6) is 11.5 Å². The third-order valence-electron chi connectivity index (χ3n) is 6.01. The van der Waals surface area contributed by atoms with Crippen LogP contribution >= 0.6 is 0 Å². The number of carbonyl (C=O) groups excluding carboxylic acids is 1. The van der Waals surface area contributed by atoms with Crippen LogP contribution in [0.3, 0.4) is 0 Å². The predicted molar refractivity (Wildman–Crippen MR) is 124 cm³/mol. The summed E-state index contributed by atoms with van der Waals surface area (Å²) in [5.74, 6) is 2.68. The number of H-pyrrole nitrogens is 1. The number of hydrogen-bond acceptors (Lipinski definition) is 7. The normalized spacial score (nSPS) is 15.5. The average Bonchev–Trinajstić information content (AvgIpc) is 3.32. The van der Waals surface area contributed by atoms with Gasteiger partial charge in [0.15, 0.2) is 11.5 Å². The van der Waals surface area contributed by atoms with Gasteiger partial charge in [-0.15, -0.1) is 0 Å². The first-order valence-electron chi connectivity index (χ1n) is 11.1. The van der Waals surface area contributed by atoms with Gasteiger partial charge in [-0.05, 0) is 43.5 Å². The molecule has 9 heteroatoms. The van der Waals surface area contributed by atoms with E-state index >= 15 is 0 Å². The SMILES string of the molecule is CCc1cc(=O)[nH]c(-c2ccc(N3CCC(C(=O)Nc4ccc5c(c4)OCO5)CC3)nc2)n1. The van der Waals surface area contributed by atoms with Crippen molar-refractivity contribution in [1.29, 1.82) is 0 Å². The molecular formula is C24H25N5O4. The van der Waals surface area contributed by atoms with Crippen molar-refractivity contribution in [3.8, 4) is 22.9 Å². The Kier molecular flexibility index (Phi) is 5.68. The van der Waals surface area contributed by atoms with Gasteiger partial charge in [-0.25, -0.2) is 9.97 Å². The van der Waals surface area contributed by atoms with Crippen LogP contribution in [-0.4, -0.2) is 40.7 Å². The van der Waals surface area contributed by atoms with Gasteiger partial charge in [0.05, 0.1) is 0 Å². The summed E-state index contributed by atoms with van der Waals surface area (Å²) in [4.78, 5) is 38.6. The van der Waals surface area contributed by atoms with Crippen molar-refractivity contribution in [2.75, 3.05) is 30.1 Å². The average molecular weight is 447 g/mol. The van der Waals surface area contributed by atoms with E-state index in [4.69, 9.17) is 9.47 Å². The molecule has 0 atom stereocenters. The lowest BCUT2D eigenvalue weighted by atomic mass is 9.95. The zero-order valence-electron chi connectivity index (χ0n) is 18.3. The van der Waals surface area contributed by atoms with E-state index in [0.29, 0.717) is 29.4 Å². The molecule has 170 valence electrons. The third-order valence-corrected chi connectivity index (χ3v) is 6.01. The molecule has 2 aromatic heterocycles. The highest BCUT2D eigenvalue weighted by molar-refractivity contribution is 5.93. The summed E-state index contributed by atoms with van der Waals surface area (Å²) in [6, 6.07) is 10.8. The van der Waals surface area contributed by atoms with Crippen molar-refractivity contribution < 1.29 is 14.3 Å². The van der Waals surface area contributed by atoms with Crippen LogP contribution < -0.4 is 25.2 Å². The van der Waals surface area contributed by atoms with Crippen molar-refractivity contribution in [2.45, 2.75) is 26.2 Å². The second kappa shape index (κ2) is 8.93. The van der Waals surface area contributed by atoms with Gasteiger partial charge in [0.2, 0.25) is 12.7 Å². The topological polar surface area (TPSA) is 109 Å². The lowest BCUT2D eigenvalue weighted by Gasteiger charge is -2.32. The Balaban J connectivity index is 1.19. The number of carbonyl (C=O) groups is 1. The molecule has 0 unspecified atom stereocenters. The van der Waals surface area contributed by atoms with Crippen molar-refractivity contribution in [3.05, 3.63) is 58.6 Å². The Morgan fingerprint density at radius 2 is 1.97 bits per heavy atom. The van der Waals surface area contributed by atoms with Gasteiger partial charge in [-0.1, -0.05) is 6.92 Å². The molecule has 4 heterocycles. The molecular weight excluding hydrogens is 422 g/mol. The Labute approximate surface area is 190 Å². The van der Waals surface area contributed by atoms with Crippen LogP contribution in [0.15, 0.2) is 47.4 Å². The molecule has 0 aliphatic carbocycles. The number of piperidine rings is 1. The quantitative estimate of drug-likeness (QED) is 0.619. The summed E-state index contributed by atoms with van der Waals surface area (Å²) in [6.45, 7) is 3.66. The first-order chi connectivity index (χ1) is 16.1. The molecule has 1 amide bonds. The molecule has 0 radical (unpaired) electrons. The molecule has 2 aliphatic rings. The first-order valence-corrected chi connectivity index (χ1v) is 11.1. The Bertz CT molecular complexity index is 1220. The molecule has 33 heavy (non-hydrogen) atoms. The smallest absolute Gasteiger partial charge is 0.251 e.